The summed E-state index contributed by atoms with van der Waals surface area (Å²) < 4.78 is 17.3. The number of hydrogen-bond acceptors (Lipinski definition) is 6. The molecule has 0 aliphatic heterocycles. The van der Waals surface area contributed by atoms with E-state index in [0.717, 1.165) is 27.6 Å². The molecule has 1 atom stereocenters. The Morgan fingerprint density at radius 2 is 1.32 bits per heavy atom. The van der Waals surface area contributed by atoms with Crippen LogP contribution in [0.3, 0.4) is 0 Å². The third-order valence-corrected chi connectivity index (χ3v) is 7.43. The number of benzene rings is 3. The summed E-state index contributed by atoms with van der Waals surface area (Å²) in [5, 5.41) is 12.7. The first-order valence-corrected chi connectivity index (χ1v) is 12.6. The van der Waals surface area contributed by atoms with Crippen LogP contribution in [0.4, 0.5) is 0 Å². The van der Waals surface area contributed by atoms with Crippen LogP contribution in [-0.4, -0.2) is 11.7 Å². The van der Waals surface area contributed by atoms with Gasteiger partial charge in [-0.3, -0.25) is 0 Å². The second-order valence-electron chi connectivity index (χ2n) is 9.88. The molecule has 0 saturated carbocycles. The van der Waals surface area contributed by atoms with Gasteiger partial charge in [0.25, 0.3) is 0 Å². The molecule has 0 amide bonds. The lowest BCUT2D eigenvalue weighted by Crippen LogP contribution is -2.22. The van der Waals surface area contributed by atoms with Crippen molar-refractivity contribution in [2.24, 2.45) is 0 Å². The number of ether oxygens (including phenoxy) is 1. The van der Waals surface area contributed by atoms with Crippen molar-refractivity contribution < 1.29 is 18.7 Å². The molecule has 38 heavy (non-hydrogen) atoms. The van der Waals surface area contributed by atoms with Gasteiger partial charge in [0.2, 0.25) is 0 Å². The molecule has 5 rings (SSSR count). The van der Waals surface area contributed by atoms with Gasteiger partial charge in [-0.2, -0.15) is 0 Å². The molecule has 0 radical (unpaired) electrons. The zero-order valence-corrected chi connectivity index (χ0v) is 22.4. The largest absolute Gasteiger partial charge is 0.507 e. The zero-order valence-electron chi connectivity index (χ0n) is 22.4. The highest BCUT2D eigenvalue weighted by atomic mass is 16.5. The molecule has 0 fully saturated rings. The fraction of sp³-hybridized carbons (Fsp3) is 0.250. The van der Waals surface area contributed by atoms with Gasteiger partial charge in [0.15, 0.2) is 0 Å². The van der Waals surface area contributed by atoms with Gasteiger partial charge >= 0.3 is 11.3 Å². The van der Waals surface area contributed by atoms with E-state index in [1.54, 1.807) is 36.4 Å². The van der Waals surface area contributed by atoms with Crippen LogP contribution in [-0.2, 0) is 0 Å². The Labute approximate surface area is 220 Å². The summed E-state index contributed by atoms with van der Waals surface area (Å²) in [6.07, 6.45) is 0. The minimum absolute atomic E-state index is 0.0204. The van der Waals surface area contributed by atoms with E-state index in [4.69, 9.17) is 13.6 Å². The van der Waals surface area contributed by atoms with Gasteiger partial charge in [-0.05, 0) is 111 Å². The molecule has 0 saturated heterocycles. The van der Waals surface area contributed by atoms with E-state index >= 15 is 0 Å². The lowest BCUT2D eigenvalue weighted by atomic mass is 9.82. The van der Waals surface area contributed by atoms with Crippen LogP contribution < -0.4 is 16.0 Å². The standard InChI is InChI=1S/C32H30O6/c1-7-36-22-10-8-9-21(15-22)28(27-20(6)23-11-16(2)18(4)13-25(23)37-31(27)34)29-30(33)24-12-17(3)19(5)14-26(24)38-32(29)35/h8-15,28,33H,7H2,1-6H3. The highest BCUT2D eigenvalue weighted by Crippen LogP contribution is 2.41. The summed E-state index contributed by atoms with van der Waals surface area (Å²) in [5.41, 5.74) is 4.91. The Kier molecular flexibility index (Phi) is 6.35. The third kappa shape index (κ3) is 4.16. The SMILES string of the molecule is CCOc1cccc(C(c2c(C)c3cc(C)c(C)cc3oc2=O)c2c(O)c3cc(C)c(C)cc3oc2=O)c1. The number of aryl methyl sites for hydroxylation is 5. The average Bonchev–Trinajstić information content (AvgIpc) is 2.86. The molecule has 0 aliphatic rings. The van der Waals surface area contributed by atoms with Crippen molar-refractivity contribution in [3.63, 3.8) is 0 Å². The molecular formula is C32H30O6. The lowest BCUT2D eigenvalue weighted by Gasteiger charge is -2.21. The maximum Gasteiger partial charge on any atom is 0.344 e. The smallest absolute Gasteiger partial charge is 0.344 e. The van der Waals surface area contributed by atoms with Crippen molar-refractivity contribution in [1.82, 2.24) is 0 Å². The molecule has 6 heteroatoms. The van der Waals surface area contributed by atoms with E-state index in [1.807, 2.05) is 53.7 Å². The van der Waals surface area contributed by atoms with Crippen LogP contribution in [0.15, 0.2) is 67.0 Å². The molecular weight excluding hydrogens is 480 g/mol. The summed E-state index contributed by atoms with van der Waals surface area (Å²) in [6, 6.07) is 14.5. The second-order valence-corrected chi connectivity index (χ2v) is 9.88. The highest BCUT2D eigenvalue weighted by Gasteiger charge is 2.31. The van der Waals surface area contributed by atoms with Crippen molar-refractivity contribution in [3.8, 4) is 11.5 Å². The Balaban J connectivity index is 1.90. The van der Waals surface area contributed by atoms with Crippen LogP contribution in [0.1, 0.15) is 57.3 Å². The molecule has 1 N–H and O–H groups in total. The quantitative estimate of drug-likeness (QED) is 0.264. The first-order valence-electron chi connectivity index (χ1n) is 12.6. The average molecular weight is 511 g/mol. The van der Waals surface area contributed by atoms with Crippen LogP contribution in [0, 0.1) is 34.6 Å². The molecule has 5 aromatic rings. The molecule has 3 aromatic carbocycles. The molecule has 2 aromatic heterocycles. The van der Waals surface area contributed by atoms with Crippen molar-refractivity contribution in [2.45, 2.75) is 47.5 Å². The Morgan fingerprint density at radius 1 is 0.763 bits per heavy atom. The van der Waals surface area contributed by atoms with Gasteiger partial charge in [-0.1, -0.05) is 12.1 Å². The maximum absolute atomic E-state index is 13.6. The maximum atomic E-state index is 13.6. The number of aromatic hydroxyl groups is 1. The highest BCUT2D eigenvalue weighted by molar-refractivity contribution is 5.87. The van der Waals surface area contributed by atoms with Gasteiger partial charge < -0.3 is 18.7 Å². The first kappa shape index (κ1) is 25.3. The zero-order chi connectivity index (χ0) is 27.3. The van der Waals surface area contributed by atoms with Crippen LogP contribution in [0.25, 0.3) is 21.9 Å². The Bertz CT molecular complexity index is 1730. The van der Waals surface area contributed by atoms with E-state index in [-0.39, 0.29) is 22.5 Å². The predicted molar refractivity (Wildman–Crippen MR) is 149 cm³/mol. The monoisotopic (exact) mass is 510 g/mol. The fourth-order valence-corrected chi connectivity index (χ4v) is 5.09. The summed E-state index contributed by atoms with van der Waals surface area (Å²) in [7, 11) is 0. The third-order valence-electron chi connectivity index (χ3n) is 7.43. The molecule has 6 nitrogen and oxygen atoms in total. The summed E-state index contributed by atoms with van der Waals surface area (Å²) in [5.74, 6) is -0.592. The number of rotatable bonds is 5. The molecule has 0 spiro atoms. The summed E-state index contributed by atoms with van der Waals surface area (Å²) >= 11 is 0. The minimum Gasteiger partial charge on any atom is -0.507 e. The van der Waals surface area contributed by atoms with Gasteiger partial charge in [0, 0.05) is 5.39 Å². The summed E-state index contributed by atoms with van der Waals surface area (Å²) in [6.45, 7) is 12.0. The Hall–Kier alpha value is -4.32. The normalized spacial score (nSPS) is 12.3. The van der Waals surface area contributed by atoms with Crippen molar-refractivity contribution in [2.75, 3.05) is 6.61 Å². The van der Waals surface area contributed by atoms with E-state index in [2.05, 4.69) is 0 Å². The molecule has 1 unspecified atom stereocenters. The van der Waals surface area contributed by atoms with Crippen molar-refractivity contribution in [1.29, 1.82) is 0 Å². The summed E-state index contributed by atoms with van der Waals surface area (Å²) in [4.78, 5) is 27.2. The van der Waals surface area contributed by atoms with E-state index in [1.165, 1.54) is 0 Å². The van der Waals surface area contributed by atoms with Crippen LogP contribution >= 0.6 is 0 Å². The van der Waals surface area contributed by atoms with Crippen LogP contribution in [0.5, 0.6) is 11.5 Å². The van der Waals surface area contributed by atoms with E-state index < -0.39 is 17.2 Å². The molecule has 0 aliphatic carbocycles. The molecule has 194 valence electrons. The van der Waals surface area contributed by atoms with Gasteiger partial charge in [0.1, 0.15) is 22.7 Å². The van der Waals surface area contributed by atoms with Crippen molar-refractivity contribution >= 4 is 21.9 Å². The van der Waals surface area contributed by atoms with Gasteiger partial charge in [-0.15, -0.1) is 0 Å². The Morgan fingerprint density at radius 3 is 1.95 bits per heavy atom. The second kappa shape index (κ2) is 9.53. The molecule has 0 bridgehead atoms. The molecule has 2 heterocycles. The first-order chi connectivity index (χ1) is 18.1. The van der Waals surface area contributed by atoms with Crippen molar-refractivity contribution in [3.05, 3.63) is 114 Å². The van der Waals surface area contributed by atoms with Crippen LogP contribution in [0.2, 0.25) is 0 Å². The van der Waals surface area contributed by atoms with Gasteiger partial charge in [-0.25, -0.2) is 9.59 Å². The topological polar surface area (TPSA) is 89.9 Å². The van der Waals surface area contributed by atoms with Gasteiger partial charge in [0.05, 0.1) is 29.0 Å². The predicted octanol–water partition coefficient (Wildman–Crippen LogP) is 6.73. The number of fused-ring (bicyclic) bond motifs is 2. The fourth-order valence-electron chi connectivity index (χ4n) is 5.09. The van der Waals surface area contributed by atoms with E-state index in [0.29, 0.717) is 34.5 Å². The van der Waals surface area contributed by atoms with E-state index in [9.17, 15) is 14.7 Å². The minimum atomic E-state index is -0.958. The number of hydrogen-bond donors (Lipinski definition) is 1. The lowest BCUT2D eigenvalue weighted by molar-refractivity contribution is 0.340.